The lowest BCUT2D eigenvalue weighted by molar-refractivity contribution is -0.139. The minimum atomic E-state index is -0.439. The molecule has 0 aliphatic carbocycles. The molecule has 1 aromatic rings. The molecule has 1 aromatic carbocycles. The van der Waals surface area contributed by atoms with Crippen LogP contribution in [0.4, 0.5) is 0 Å². The number of benzene rings is 1. The van der Waals surface area contributed by atoms with E-state index in [2.05, 4.69) is 0 Å². The molecule has 1 saturated heterocycles. The van der Waals surface area contributed by atoms with Crippen molar-refractivity contribution in [2.24, 2.45) is 11.7 Å². The summed E-state index contributed by atoms with van der Waals surface area (Å²) in [6.07, 6.45) is 1.56. The summed E-state index contributed by atoms with van der Waals surface area (Å²) in [5.41, 5.74) is 6.80. The second-order valence-electron chi connectivity index (χ2n) is 5.58. The fourth-order valence-electron chi connectivity index (χ4n) is 2.59. The summed E-state index contributed by atoms with van der Waals surface area (Å²) < 4.78 is 5.75. The van der Waals surface area contributed by atoms with Gasteiger partial charge in [0, 0.05) is 13.1 Å². The lowest BCUT2D eigenvalue weighted by Crippen LogP contribution is -2.45. The number of rotatable bonds is 4. The Balaban J connectivity index is 1.89. The summed E-state index contributed by atoms with van der Waals surface area (Å²) in [7, 11) is 0. The fourth-order valence-corrected chi connectivity index (χ4v) is 2.59. The van der Waals surface area contributed by atoms with Gasteiger partial charge in [-0.15, -0.1) is 0 Å². The SMILES string of the molecule is Cc1cccc(OC(C)C(=O)N2CCC(CN)CC2)c1. The highest BCUT2D eigenvalue weighted by Gasteiger charge is 2.26. The van der Waals surface area contributed by atoms with E-state index >= 15 is 0 Å². The van der Waals surface area contributed by atoms with Gasteiger partial charge in [-0.1, -0.05) is 12.1 Å². The lowest BCUT2D eigenvalue weighted by atomic mass is 9.97. The van der Waals surface area contributed by atoms with Gasteiger partial charge in [-0.05, 0) is 56.8 Å². The molecule has 1 atom stereocenters. The molecule has 1 amide bonds. The monoisotopic (exact) mass is 276 g/mol. The second-order valence-corrected chi connectivity index (χ2v) is 5.58. The smallest absolute Gasteiger partial charge is 0.263 e. The van der Waals surface area contributed by atoms with Crippen molar-refractivity contribution in [2.75, 3.05) is 19.6 Å². The molecular weight excluding hydrogens is 252 g/mol. The highest BCUT2D eigenvalue weighted by Crippen LogP contribution is 2.19. The van der Waals surface area contributed by atoms with Gasteiger partial charge in [0.1, 0.15) is 5.75 Å². The first-order chi connectivity index (χ1) is 9.60. The molecule has 1 heterocycles. The number of piperidine rings is 1. The second kappa shape index (κ2) is 6.75. The van der Waals surface area contributed by atoms with Crippen LogP contribution in [0, 0.1) is 12.8 Å². The number of ether oxygens (including phenoxy) is 1. The van der Waals surface area contributed by atoms with Crippen LogP contribution < -0.4 is 10.5 Å². The van der Waals surface area contributed by atoms with Crippen LogP contribution in [-0.2, 0) is 4.79 Å². The standard InChI is InChI=1S/C16H24N2O2/c1-12-4-3-5-15(10-12)20-13(2)16(19)18-8-6-14(11-17)7-9-18/h3-5,10,13-14H,6-9,11,17H2,1-2H3. The number of nitrogens with zero attached hydrogens (tertiary/aromatic N) is 1. The lowest BCUT2D eigenvalue weighted by Gasteiger charge is -2.33. The van der Waals surface area contributed by atoms with Gasteiger partial charge in [0.05, 0.1) is 0 Å². The minimum Gasteiger partial charge on any atom is -0.481 e. The molecule has 2 N–H and O–H groups in total. The zero-order valence-electron chi connectivity index (χ0n) is 12.3. The van der Waals surface area contributed by atoms with Crippen LogP contribution in [0.2, 0.25) is 0 Å². The number of carbonyl (C=O) groups excluding carboxylic acids is 1. The normalized spacial score (nSPS) is 17.9. The molecule has 0 radical (unpaired) electrons. The molecule has 2 rings (SSSR count). The maximum atomic E-state index is 12.4. The van der Waals surface area contributed by atoms with E-state index in [9.17, 15) is 4.79 Å². The first-order valence-electron chi connectivity index (χ1n) is 7.32. The van der Waals surface area contributed by atoms with Gasteiger partial charge in [0.25, 0.3) is 5.91 Å². The Kier molecular flexibility index (Phi) is 5.01. The summed E-state index contributed by atoms with van der Waals surface area (Å²) in [6, 6.07) is 7.79. The average molecular weight is 276 g/mol. The molecule has 110 valence electrons. The van der Waals surface area contributed by atoms with Crippen molar-refractivity contribution in [2.45, 2.75) is 32.8 Å². The fraction of sp³-hybridized carbons (Fsp3) is 0.562. The Hall–Kier alpha value is -1.55. The van der Waals surface area contributed by atoms with Crippen molar-refractivity contribution in [3.8, 4) is 5.75 Å². The molecule has 4 heteroatoms. The van der Waals surface area contributed by atoms with Gasteiger partial charge in [0.15, 0.2) is 6.10 Å². The third kappa shape index (κ3) is 3.73. The molecule has 20 heavy (non-hydrogen) atoms. The number of hydrogen-bond donors (Lipinski definition) is 1. The van der Waals surface area contributed by atoms with Crippen LogP contribution in [0.15, 0.2) is 24.3 Å². The van der Waals surface area contributed by atoms with E-state index < -0.39 is 6.10 Å². The average Bonchev–Trinajstić information content (AvgIpc) is 2.46. The van der Waals surface area contributed by atoms with Crippen molar-refractivity contribution in [3.05, 3.63) is 29.8 Å². The zero-order chi connectivity index (χ0) is 14.5. The van der Waals surface area contributed by atoms with Crippen molar-refractivity contribution < 1.29 is 9.53 Å². The van der Waals surface area contributed by atoms with Gasteiger partial charge < -0.3 is 15.4 Å². The predicted octanol–water partition coefficient (Wildman–Crippen LogP) is 1.96. The van der Waals surface area contributed by atoms with Crippen molar-refractivity contribution in [3.63, 3.8) is 0 Å². The van der Waals surface area contributed by atoms with Crippen LogP contribution in [0.5, 0.6) is 5.75 Å². The van der Waals surface area contributed by atoms with E-state index in [0.717, 1.165) is 43.8 Å². The van der Waals surface area contributed by atoms with Gasteiger partial charge >= 0.3 is 0 Å². The predicted molar refractivity (Wildman–Crippen MR) is 79.6 cm³/mol. The highest BCUT2D eigenvalue weighted by atomic mass is 16.5. The first kappa shape index (κ1) is 14.9. The first-order valence-corrected chi connectivity index (χ1v) is 7.32. The van der Waals surface area contributed by atoms with Crippen LogP contribution in [0.3, 0.4) is 0 Å². The molecule has 0 saturated carbocycles. The van der Waals surface area contributed by atoms with E-state index in [4.69, 9.17) is 10.5 Å². The van der Waals surface area contributed by atoms with Gasteiger partial charge in [-0.3, -0.25) is 4.79 Å². The van der Waals surface area contributed by atoms with E-state index in [1.807, 2.05) is 43.0 Å². The highest BCUT2D eigenvalue weighted by molar-refractivity contribution is 5.81. The van der Waals surface area contributed by atoms with Gasteiger partial charge in [0.2, 0.25) is 0 Å². The van der Waals surface area contributed by atoms with Crippen molar-refractivity contribution >= 4 is 5.91 Å². The molecule has 1 fully saturated rings. The topological polar surface area (TPSA) is 55.6 Å². The maximum absolute atomic E-state index is 12.4. The molecule has 0 bridgehead atoms. The number of hydrogen-bond acceptors (Lipinski definition) is 3. The maximum Gasteiger partial charge on any atom is 0.263 e. The summed E-state index contributed by atoms with van der Waals surface area (Å²) in [4.78, 5) is 14.2. The van der Waals surface area contributed by atoms with E-state index in [1.54, 1.807) is 0 Å². The zero-order valence-corrected chi connectivity index (χ0v) is 12.3. The van der Waals surface area contributed by atoms with Crippen molar-refractivity contribution in [1.82, 2.24) is 4.90 Å². The van der Waals surface area contributed by atoms with E-state index in [-0.39, 0.29) is 5.91 Å². The van der Waals surface area contributed by atoms with E-state index in [0.29, 0.717) is 5.92 Å². The van der Waals surface area contributed by atoms with Gasteiger partial charge in [-0.2, -0.15) is 0 Å². The van der Waals surface area contributed by atoms with Crippen LogP contribution >= 0.6 is 0 Å². The Labute approximate surface area is 120 Å². The third-order valence-corrected chi connectivity index (χ3v) is 3.91. The Morgan fingerprint density at radius 2 is 2.15 bits per heavy atom. The number of aryl methyl sites for hydroxylation is 1. The molecule has 4 nitrogen and oxygen atoms in total. The minimum absolute atomic E-state index is 0.0713. The third-order valence-electron chi connectivity index (χ3n) is 3.91. The molecule has 1 aliphatic rings. The number of likely N-dealkylation sites (tertiary alicyclic amines) is 1. The largest absolute Gasteiger partial charge is 0.481 e. The van der Waals surface area contributed by atoms with Crippen LogP contribution in [0.25, 0.3) is 0 Å². The molecule has 1 unspecified atom stereocenters. The quantitative estimate of drug-likeness (QED) is 0.914. The summed E-state index contributed by atoms with van der Waals surface area (Å²) in [5.74, 6) is 1.39. The summed E-state index contributed by atoms with van der Waals surface area (Å²) in [5, 5.41) is 0. The molecule has 0 spiro atoms. The number of nitrogens with two attached hydrogens (primary N) is 1. The van der Waals surface area contributed by atoms with Gasteiger partial charge in [-0.25, -0.2) is 0 Å². The Morgan fingerprint density at radius 1 is 1.45 bits per heavy atom. The molecule has 0 aromatic heterocycles. The Morgan fingerprint density at radius 3 is 2.75 bits per heavy atom. The summed E-state index contributed by atoms with van der Waals surface area (Å²) in [6.45, 7) is 6.14. The molecule has 1 aliphatic heterocycles. The number of carbonyl (C=O) groups is 1. The van der Waals surface area contributed by atoms with Crippen LogP contribution in [0.1, 0.15) is 25.3 Å². The summed E-state index contributed by atoms with van der Waals surface area (Å²) >= 11 is 0. The molecular formula is C16H24N2O2. The van der Waals surface area contributed by atoms with Crippen molar-refractivity contribution in [1.29, 1.82) is 0 Å². The van der Waals surface area contributed by atoms with Crippen LogP contribution in [-0.4, -0.2) is 36.5 Å². The van der Waals surface area contributed by atoms with E-state index in [1.165, 1.54) is 0 Å². The number of amides is 1. The Bertz CT molecular complexity index is 454.